The number of esters is 1. The van der Waals surface area contributed by atoms with E-state index in [1.54, 1.807) is 4.90 Å². The topological polar surface area (TPSA) is 74.3 Å². The van der Waals surface area contributed by atoms with Crippen LogP contribution in [0.5, 0.6) is 0 Å². The Hall–Kier alpha value is -1.34. The molecule has 1 saturated carbocycles. The lowest BCUT2D eigenvalue weighted by Crippen LogP contribution is -2.49. The normalized spacial score (nSPS) is 27.7. The second-order valence-corrected chi connectivity index (χ2v) is 7.75. The highest BCUT2D eigenvalue weighted by atomic mass is 16.6. The second-order valence-electron chi connectivity index (χ2n) is 7.75. The van der Waals surface area contributed by atoms with E-state index in [1.807, 2.05) is 20.8 Å². The summed E-state index contributed by atoms with van der Waals surface area (Å²) in [6.45, 7) is 7.53. The van der Waals surface area contributed by atoms with Crippen LogP contribution in [0, 0.1) is 5.92 Å². The van der Waals surface area contributed by atoms with Crippen molar-refractivity contribution in [2.45, 2.75) is 64.3 Å². The molecule has 7 nitrogen and oxygen atoms in total. The van der Waals surface area contributed by atoms with E-state index in [2.05, 4.69) is 0 Å². The largest absolute Gasteiger partial charge is 0.469 e. The number of nitrogens with zero attached hydrogens (tertiary/aromatic N) is 1. The molecule has 0 bridgehead atoms. The first-order valence-electron chi connectivity index (χ1n) is 9.07. The van der Waals surface area contributed by atoms with Crippen LogP contribution in [0.1, 0.15) is 46.5 Å². The van der Waals surface area contributed by atoms with Crippen LogP contribution in [0.2, 0.25) is 0 Å². The summed E-state index contributed by atoms with van der Waals surface area (Å²) in [5, 5.41) is 0. The summed E-state index contributed by atoms with van der Waals surface area (Å²) in [4.78, 5) is 25.4. The summed E-state index contributed by atoms with van der Waals surface area (Å²) in [5.41, 5.74) is -0.500. The third-order valence-corrected chi connectivity index (χ3v) is 4.52. The summed E-state index contributed by atoms with van der Waals surface area (Å²) in [7, 11) is 1.43. The lowest BCUT2D eigenvalue weighted by Gasteiger charge is -2.35. The number of morpholine rings is 1. The van der Waals surface area contributed by atoms with Crippen LogP contribution >= 0.6 is 0 Å². The molecule has 1 unspecified atom stereocenters. The van der Waals surface area contributed by atoms with Crippen LogP contribution in [-0.4, -0.2) is 68.2 Å². The number of hydrogen-bond donors (Lipinski definition) is 0. The van der Waals surface area contributed by atoms with Crippen molar-refractivity contribution >= 4 is 12.1 Å². The fourth-order valence-electron chi connectivity index (χ4n) is 3.19. The van der Waals surface area contributed by atoms with Crippen molar-refractivity contribution in [3.63, 3.8) is 0 Å². The molecule has 2 aliphatic rings. The van der Waals surface area contributed by atoms with Gasteiger partial charge in [0, 0.05) is 6.54 Å². The van der Waals surface area contributed by atoms with Crippen molar-refractivity contribution in [1.82, 2.24) is 4.90 Å². The van der Waals surface area contributed by atoms with Crippen LogP contribution in [0.4, 0.5) is 4.79 Å². The van der Waals surface area contributed by atoms with Gasteiger partial charge in [0.1, 0.15) is 5.60 Å². The monoisotopic (exact) mass is 357 g/mol. The molecule has 0 aromatic rings. The number of carbonyl (C=O) groups excluding carboxylic acids is 2. The molecular formula is C18H31NO6. The highest BCUT2D eigenvalue weighted by Gasteiger charge is 2.30. The number of ether oxygens (including phenoxy) is 4. The van der Waals surface area contributed by atoms with Gasteiger partial charge in [0.15, 0.2) is 0 Å². The molecule has 25 heavy (non-hydrogen) atoms. The van der Waals surface area contributed by atoms with Gasteiger partial charge in [-0.2, -0.15) is 0 Å². The Bertz CT molecular complexity index is 453. The highest BCUT2D eigenvalue weighted by Crippen LogP contribution is 2.27. The van der Waals surface area contributed by atoms with Crippen molar-refractivity contribution in [2.24, 2.45) is 5.92 Å². The average Bonchev–Trinajstić information content (AvgIpc) is 2.58. The molecule has 2 rings (SSSR count). The van der Waals surface area contributed by atoms with Crippen LogP contribution in [0.3, 0.4) is 0 Å². The summed E-state index contributed by atoms with van der Waals surface area (Å²) in [5.74, 6) is -0.125. The summed E-state index contributed by atoms with van der Waals surface area (Å²) < 4.78 is 21.9. The fraction of sp³-hybridized carbons (Fsp3) is 0.889. The molecule has 1 aliphatic heterocycles. The quantitative estimate of drug-likeness (QED) is 0.719. The van der Waals surface area contributed by atoms with Gasteiger partial charge in [0.25, 0.3) is 0 Å². The summed E-state index contributed by atoms with van der Waals surface area (Å²) >= 11 is 0. The second kappa shape index (κ2) is 8.85. The minimum absolute atomic E-state index is 0.00144. The van der Waals surface area contributed by atoms with Crippen LogP contribution in [0.25, 0.3) is 0 Å². The maximum Gasteiger partial charge on any atom is 0.410 e. The molecule has 0 aromatic heterocycles. The zero-order valence-electron chi connectivity index (χ0n) is 15.8. The van der Waals surface area contributed by atoms with Crippen LogP contribution in [0.15, 0.2) is 0 Å². The van der Waals surface area contributed by atoms with E-state index in [4.69, 9.17) is 18.9 Å². The van der Waals surface area contributed by atoms with E-state index >= 15 is 0 Å². The van der Waals surface area contributed by atoms with Gasteiger partial charge < -0.3 is 23.8 Å². The Morgan fingerprint density at radius 2 is 1.84 bits per heavy atom. The number of carbonyl (C=O) groups is 2. The van der Waals surface area contributed by atoms with E-state index < -0.39 is 5.60 Å². The van der Waals surface area contributed by atoms with E-state index in [1.165, 1.54) is 7.11 Å². The van der Waals surface area contributed by atoms with Gasteiger partial charge in [-0.25, -0.2) is 4.79 Å². The average molecular weight is 357 g/mol. The SMILES string of the molecule is COC(=O)C1CCC(OCC2CN(C(=O)OC(C)(C)C)CCO2)CC1. The first-order valence-corrected chi connectivity index (χ1v) is 9.07. The maximum atomic E-state index is 12.2. The molecule has 0 N–H and O–H groups in total. The highest BCUT2D eigenvalue weighted by molar-refractivity contribution is 5.72. The number of rotatable bonds is 4. The van der Waals surface area contributed by atoms with E-state index in [-0.39, 0.29) is 30.2 Å². The van der Waals surface area contributed by atoms with Gasteiger partial charge in [0.2, 0.25) is 0 Å². The standard InChI is InChI=1S/C18H31NO6/c1-18(2,3)25-17(21)19-9-10-23-15(11-19)12-24-14-7-5-13(6-8-14)16(20)22-4/h13-15H,5-12H2,1-4H3. The molecule has 0 spiro atoms. The van der Waals surface area contributed by atoms with Gasteiger partial charge >= 0.3 is 12.1 Å². The first-order chi connectivity index (χ1) is 11.8. The zero-order chi connectivity index (χ0) is 18.4. The Labute approximate surface area is 149 Å². The van der Waals surface area contributed by atoms with Gasteiger partial charge in [-0.1, -0.05) is 0 Å². The fourth-order valence-corrected chi connectivity index (χ4v) is 3.19. The minimum atomic E-state index is -0.500. The van der Waals surface area contributed by atoms with E-state index in [0.717, 1.165) is 25.7 Å². The molecule has 1 aliphatic carbocycles. The van der Waals surface area contributed by atoms with Gasteiger partial charge in [0.05, 0.1) is 45.0 Å². The number of amides is 1. The molecule has 1 amide bonds. The molecular weight excluding hydrogens is 326 g/mol. The molecule has 144 valence electrons. The number of methoxy groups -OCH3 is 1. The molecule has 1 saturated heterocycles. The molecule has 1 atom stereocenters. The molecule has 7 heteroatoms. The molecule has 0 aromatic carbocycles. The maximum absolute atomic E-state index is 12.2. The third kappa shape index (κ3) is 6.47. The Balaban J connectivity index is 1.71. The third-order valence-electron chi connectivity index (χ3n) is 4.52. The summed E-state index contributed by atoms with van der Waals surface area (Å²) in [6, 6.07) is 0. The lowest BCUT2D eigenvalue weighted by atomic mass is 9.87. The Morgan fingerprint density at radius 1 is 1.16 bits per heavy atom. The van der Waals surface area contributed by atoms with Gasteiger partial charge in [-0.3, -0.25) is 4.79 Å². The van der Waals surface area contributed by atoms with E-state index in [0.29, 0.717) is 26.3 Å². The van der Waals surface area contributed by atoms with Crippen molar-refractivity contribution in [3.05, 3.63) is 0 Å². The van der Waals surface area contributed by atoms with Crippen molar-refractivity contribution in [1.29, 1.82) is 0 Å². The van der Waals surface area contributed by atoms with Crippen LogP contribution < -0.4 is 0 Å². The van der Waals surface area contributed by atoms with Gasteiger partial charge in [-0.05, 0) is 46.5 Å². The number of hydrogen-bond acceptors (Lipinski definition) is 6. The van der Waals surface area contributed by atoms with Crippen molar-refractivity contribution in [3.8, 4) is 0 Å². The minimum Gasteiger partial charge on any atom is -0.469 e. The van der Waals surface area contributed by atoms with Crippen LogP contribution in [-0.2, 0) is 23.7 Å². The smallest absolute Gasteiger partial charge is 0.410 e. The molecule has 1 heterocycles. The predicted molar refractivity (Wildman–Crippen MR) is 91.3 cm³/mol. The lowest BCUT2D eigenvalue weighted by molar-refractivity contribution is -0.148. The molecule has 2 fully saturated rings. The first kappa shape index (κ1) is 20.0. The van der Waals surface area contributed by atoms with Crippen molar-refractivity contribution < 1.29 is 28.5 Å². The predicted octanol–water partition coefficient (Wildman–Crippen LogP) is 2.37. The zero-order valence-corrected chi connectivity index (χ0v) is 15.8. The van der Waals surface area contributed by atoms with Crippen molar-refractivity contribution in [2.75, 3.05) is 33.4 Å². The summed E-state index contributed by atoms with van der Waals surface area (Å²) in [6.07, 6.45) is 2.99. The Morgan fingerprint density at radius 3 is 2.44 bits per heavy atom. The molecule has 0 radical (unpaired) electrons. The van der Waals surface area contributed by atoms with E-state index in [9.17, 15) is 9.59 Å². The Kier molecular flexibility index (Phi) is 7.07. The van der Waals surface area contributed by atoms with Gasteiger partial charge in [-0.15, -0.1) is 0 Å².